The van der Waals surface area contributed by atoms with E-state index in [1.54, 1.807) is 0 Å². The molecule has 68 valence electrons. The van der Waals surface area contributed by atoms with E-state index in [-0.39, 0.29) is 5.41 Å². The Bertz CT molecular complexity index is 222. The summed E-state index contributed by atoms with van der Waals surface area (Å²) in [6, 6.07) is 0. The Morgan fingerprint density at radius 2 is 2.17 bits per heavy atom. The van der Waals surface area contributed by atoms with E-state index in [2.05, 4.69) is 20.8 Å². The molecule has 2 fully saturated rings. The Morgan fingerprint density at radius 1 is 1.50 bits per heavy atom. The Balaban J connectivity index is 2.41. The van der Waals surface area contributed by atoms with Crippen molar-refractivity contribution >= 4 is 6.29 Å². The highest BCUT2D eigenvalue weighted by Gasteiger charge is 2.62. The highest BCUT2D eigenvalue weighted by atomic mass is 16.5. The zero-order valence-corrected chi connectivity index (χ0v) is 7.96. The molecule has 0 aromatic heterocycles. The lowest BCUT2D eigenvalue weighted by Crippen LogP contribution is -2.47. The lowest BCUT2D eigenvalue weighted by atomic mass is 9.64. The fourth-order valence-corrected chi connectivity index (χ4v) is 2.99. The van der Waals surface area contributed by atoms with E-state index < -0.39 is 5.60 Å². The number of aldehydes is 1. The van der Waals surface area contributed by atoms with Gasteiger partial charge in [-0.05, 0) is 18.8 Å². The number of fused-ring (bicyclic) bond motifs is 2. The number of hydrogen-bond donors (Lipinski definition) is 0. The molecule has 0 aliphatic carbocycles. The highest BCUT2D eigenvalue weighted by molar-refractivity contribution is 5.66. The normalized spacial score (nSPS) is 49.6. The van der Waals surface area contributed by atoms with Crippen LogP contribution in [0, 0.1) is 11.3 Å². The summed E-state index contributed by atoms with van der Waals surface area (Å²) < 4.78 is 5.77. The predicted molar refractivity (Wildman–Crippen MR) is 45.8 cm³/mol. The summed E-state index contributed by atoms with van der Waals surface area (Å²) in [4.78, 5) is 11.1. The minimum absolute atomic E-state index is 0.0388. The molecule has 0 radical (unpaired) electrons. The topological polar surface area (TPSA) is 26.3 Å². The Kier molecular flexibility index (Phi) is 1.45. The molecule has 0 aromatic carbocycles. The molecule has 2 nitrogen and oxygen atoms in total. The van der Waals surface area contributed by atoms with Crippen molar-refractivity contribution in [3.63, 3.8) is 0 Å². The van der Waals surface area contributed by atoms with Gasteiger partial charge in [-0.25, -0.2) is 0 Å². The second-order valence-electron chi connectivity index (χ2n) is 4.88. The number of carbonyl (C=O) groups is 1. The van der Waals surface area contributed by atoms with E-state index in [4.69, 9.17) is 4.74 Å². The maximum absolute atomic E-state index is 11.1. The average Bonchev–Trinajstić information content (AvgIpc) is 2.37. The fourth-order valence-electron chi connectivity index (χ4n) is 2.99. The smallest absolute Gasteiger partial charge is 0.152 e. The molecule has 0 saturated carbocycles. The zero-order valence-electron chi connectivity index (χ0n) is 7.96. The summed E-state index contributed by atoms with van der Waals surface area (Å²) in [7, 11) is 0. The van der Waals surface area contributed by atoms with Crippen molar-refractivity contribution in [1.29, 1.82) is 0 Å². The molecule has 2 aliphatic heterocycles. The minimum Gasteiger partial charge on any atom is -0.363 e. The molecule has 0 amide bonds. The maximum Gasteiger partial charge on any atom is 0.152 e. The van der Waals surface area contributed by atoms with Crippen molar-refractivity contribution in [2.24, 2.45) is 11.3 Å². The largest absolute Gasteiger partial charge is 0.363 e. The first kappa shape index (κ1) is 8.24. The number of hydrogen-bond acceptors (Lipinski definition) is 2. The van der Waals surface area contributed by atoms with Crippen LogP contribution in [-0.4, -0.2) is 18.0 Å². The molecule has 0 N–H and O–H groups in total. The molecular formula is C10H16O2. The van der Waals surface area contributed by atoms with Gasteiger partial charge in [0.25, 0.3) is 0 Å². The van der Waals surface area contributed by atoms with Crippen LogP contribution in [0.15, 0.2) is 0 Å². The quantitative estimate of drug-likeness (QED) is 0.558. The maximum atomic E-state index is 11.1. The van der Waals surface area contributed by atoms with E-state index in [1.807, 2.05) is 0 Å². The number of rotatable bonds is 1. The van der Waals surface area contributed by atoms with E-state index in [0.717, 1.165) is 19.1 Å². The second-order valence-corrected chi connectivity index (χ2v) is 4.88. The van der Waals surface area contributed by atoms with Crippen LogP contribution >= 0.6 is 0 Å². The van der Waals surface area contributed by atoms with Gasteiger partial charge in [0.2, 0.25) is 0 Å². The summed E-state index contributed by atoms with van der Waals surface area (Å²) in [6.45, 7) is 6.39. The molecule has 2 aliphatic rings. The predicted octanol–water partition coefficient (Wildman–Crippen LogP) is 1.78. The highest BCUT2D eigenvalue weighted by Crippen LogP contribution is 2.56. The van der Waals surface area contributed by atoms with Gasteiger partial charge < -0.3 is 9.53 Å². The van der Waals surface area contributed by atoms with Crippen molar-refractivity contribution in [3.8, 4) is 0 Å². The molecule has 12 heavy (non-hydrogen) atoms. The first-order valence-corrected chi connectivity index (χ1v) is 4.66. The lowest BCUT2D eigenvalue weighted by molar-refractivity contribution is -0.135. The lowest BCUT2D eigenvalue weighted by Gasteiger charge is -2.38. The third-order valence-corrected chi connectivity index (χ3v) is 3.68. The van der Waals surface area contributed by atoms with Crippen molar-refractivity contribution in [2.75, 3.05) is 0 Å². The van der Waals surface area contributed by atoms with E-state index in [9.17, 15) is 4.79 Å². The zero-order chi connectivity index (χ0) is 8.98. The van der Waals surface area contributed by atoms with Gasteiger partial charge in [-0.1, -0.05) is 20.8 Å². The van der Waals surface area contributed by atoms with Crippen molar-refractivity contribution in [1.82, 2.24) is 0 Å². The third kappa shape index (κ3) is 0.717. The molecule has 2 bridgehead atoms. The summed E-state index contributed by atoms with van der Waals surface area (Å²) in [5.74, 6) is 0.392. The van der Waals surface area contributed by atoms with Crippen molar-refractivity contribution in [2.45, 2.75) is 45.3 Å². The molecule has 3 atom stereocenters. The molecule has 2 heterocycles. The molecular weight excluding hydrogens is 152 g/mol. The molecule has 1 unspecified atom stereocenters. The van der Waals surface area contributed by atoms with E-state index >= 15 is 0 Å². The average molecular weight is 168 g/mol. The van der Waals surface area contributed by atoms with Crippen LogP contribution in [0.5, 0.6) is 0 Å². The summed E-state index contributed by atoms with van der Waals surface area (Å²) in [5, 5.41) is 0. The fraction of sp³-hybridized carbons (Fsp3) is 0.900. The van der Waals surface area contributed by atoms with Crippen LogP contribution in [0.25, 0.3) is 0 Å². The van der Waals surface area contributed by atoms with Crippen LogP contribution in [0.2, 0.25) is 0 Å². The van der Waals surface area contributed by atoms with Gasteiger partial charge in [0.1, 0.15) is 5.60 Å². The molecule has 0 spiro atoms. The van der Waals surface area contributed by atoms with Gasteiger partial charge in [0, 0.05) is 5.41 Å². The van der Waals surface area contributed by atoms with Crippen LogP contribution < -0.4 is 0 Å². The summed E-state index contributed by atoms with van der Waals surface area (Å²) in [6.07, 6.45) is 3.46. The first-order chi connectivity index (χ1) is 5.52. The Labute approximate surface area is 73.3 Å². The minimum atomic E-state index is -0.475. The van der Waals surface area contributed by atoms with Gasteiger partial charge in [0.05, 0.1) is 6.10 Å². The summed E-state index contributed by atoms with van der Waals surface area (Å²) in [5.41, 5.74) is -0.436. The van der Waals surface area contributed by atoms with Gasteiger partial charge in [-0.15, -0.1) is 0 Å². The SMILES string of the molecule is C[C@@H]1C[C@@H]2CC(C)(C)C1(C=O)O2. The van der Waals surface area contributed by atoms with Gasteiger partial charge in [-0.2, -0.15) is 0 Å². The van der Waals surface area contributed by atoms with Gasteiger partial charge in [-0.3, -0.25) is 0 Å². The number of carbonyl (C=O) groups excluding carboxylic acids is 1. The van der Waals surface area contributed by atoms with Crippen LogP contribution in [0.3, 0.4) is 0 Å². The van der Waals surface area contributed by atoms with Gasteiger partial charge >= 0.3 is 0 Å². The monoisotopic (exact) mass is 168 g/mol. The van der Waals surface area contributed by atoms with Gasteiger partial charge in [0.15, 0.2) is 6.29 Å². The van der Waals surface area contributed by atoms with Crippen molar-refractivity contribution in [3.05, 3.63) is 0 Å². The first-order valence-electron chi connectivity index (χ1n) is 4.66. The standard InChI is InChI=1S/C10H16O2/c1-7-4-8-5-9(2,3)10(7,6-11)12-8/h6-8H,4-5H2,1-3H3/t7-,8-,10?/m1/s1. The molecule has 0 aromatic rings. The molecule has 2 rings (SSSR count). The second kappa shape index (κ2) is 2.11. The van der Waals surface area contributed by atoms with Crippen LogP contribution in [0.4, 0.5) is 0 Å². The van der Waals surface area contributed by atoms with E-state index in [1.165, 1.54) is 0 Å². The molecule has 2 heteroatoms. The Morgan fingerprint density at radius 3 is 2.50 bits per heavy atom. The van der Waals surface area contributed by atoms with Crippen molar-refractivity contribution < 1.29 is 9.53 Å². The molecule has 2 saturated heterocycles. The summed E-state index contributed by atoms with van der Waals surface area (Å²) >= 11 is 0. The van der Waals surface area contributed by atoms with Crippen LogP contribution in [-0.2, 0) is 9.53 Å². The Hall–Kier alpha value is -0.370. The van der Waals surface area contributed by atoms with Crippen LogP contribution in [0.1, 0.15) is 33.6 Å². The number of ether oxygens (including phenoxy) is 1. The third-order valence-electron chi connectivity index (χ3n) is 3.68. The van der Waals surface area contributed by atoms with E-state index in [0.29, 0.717) is 12.0 Å².